The molecule has 1 aromatic carbocycles. The van der Waals surface area contributed by atoms with Gasteiger partial charge >= 0.3 is 0 Å². The van der Waals surface area contributed by atoms with Crippen LogP contribution >= 0.6 is 15.9 Å². The van der Waals surface area contributed by atoms with Crippen LogP contribution in [-0.2, 0) is 4.74 Å². The van der Waals surface area contributed by atoms with E-state index in [1.54, 1.807) is 6.92 Å². The van der Waals surface area contributed by atoms with Crippen molar-refractivity contribution in [3.05, 3.63) is 28.2 Å². The molecule has 1 heterocycles. The molecule has 0 bridgehead atoms. The molecular formula is C15H22BrNO3. The average molecular weight is 344 g/mol. The van der Waals surface area contributed by atoms with E-state index >= 15 is 0 Å². The van der Waals surface area contributed by atoms with Crippen molar-refractivity contribution in [2.75, 3.05) is 32.8 Å². The third-order valence-electron chi connectivity index (χ3n) is 3.52. The number of likely N-dealkylation sites (N-methyl/N-ethyl adjacent to an activating group) is 1. The summed E-state index contributed by atoms with van der Waals surface area (Å²) in [6.07, 6.45) is -0.456. The lowest BCUT2D eigenvalue weighted by molar-refractivity contribution is -0.0467. The summed E-state index contributed by atoms with van der Waals surface area (Å²) in [5.74, 6) is 0.714. The van der Waals surface area contributed by atoms with E-state index in [2.05, 4.69) is 27.8 Å². The van der Waals surface area contributed by atoms with Crippen LogP contribution in [0.1, 0.15) is 25.5 Å². The van der Waals surface area contributed by atoms with Crippen LogP contribution in [0.5, 0.6) is 5.75 Å². The fraction of sp³-hybridized carbons (Fsp3) is 0.600. The molecule has 1 saturated heterocycles. The van der Waals surface area contributed by atoms with Crippen LogP contribution in [0.3, 0.4) is 0 Å². The van der Waals surface area contributed by atoms with Gasteiger partial charge in [-0.3, -0.25) is 4.90 Å². The molecule has 1 aromatic rings. The Morgan fingerprint density at radius 2 is 2.35 bits per heavy atom. The van der Waals surface area contributed by atoms with Gasteiger partial charge in [-0.05, 0) is 25.6 Å². The number of ether oxygens (including phenoxy) is 2. The van der Waals surface area contributed by atoms with Crippen molar-refractivity contribution in [1.82, 2.24) is 4.90 Å². The molecule has 4 nitrogen and oxygen atoms in total. The number of aliphatic hydroxyl groups is 1. The van der Waals surface area contributed by atoms with Gasteiger partial charge in [0.05, 0.1) is 12.7 Å². The second-order valence-corrected chi connectivity index (χ2v) is 5.97. The highest BCUT2D eigenvalue weighted by molar-refractivity contribution is 9.10. The normalized spacial score (nSPS) is 21.7. The Bertz CT molecular complexity index is 439. The minimum atomic E-state index is -0.544. The van der Waals surface area contributed by atoms with Gasteiger partial charge in [0.2, 0.25) is 0 Å². The van der Waals surface area contributed by atoms with Crippen LogP contribution in [0.25, 0.3) is 0 Å². The molecule has 1 unspecified atom stereocenters. The van der Waals surface area contributed by atoms with E-state index in [4.69, 9.17) is 9.47 Å². The summed E-state index contributed by atoms with van der Waals surface area (Å²) >= 11 is 3.43. The Balaban J connectivity index is 1.98. The predicted octanol–water partition coefficient (Wildman–Crippen LogP) is 2.60. The molecule has 5 heteroatoms. The molecule has 1 aliphatic rings. The van der Waals surface area contributed by atoms with E-state index in [0.29, 0.717) is 12.4 Å². The van der Waals surface area contributed by atoms with E-state index in [1.165, 1.54) is 0 Å². The van der Waals surface area contributed by atoms with Crippen LogP contribution in [0.2, 0.25) is 0 Å². The predicted molar refractivity (Wildman–Crippen MR) is 82.1 cm³/mol. The van der Waals surface area contributed by atoms with E-state index < -0.39 is 6.10 Å². The van der Waals surface area contributed by atoms with Crippen molar-refractivity contribution in [3.8, 4) is 5.75 Å². The highest BCUT2D eigenvalue weighted by Gasteiger charge is 2.20. The number of hydrogen-bond donors (Lipinski definition) is 1. The number of morpholine rings is 1. The van der Waals surface area contributed by atoms with Crippen LogP contribution in [0, 0.1) is 0 Å². The van der Waals surface area contributed by atoms with E-state index in [0.717, 1.165) is 36.3 Å². The maximum absolute atomic E-state index is 9.78. The lowest BCUT2D eigenvalue weighted by Crippen LogP contribution is -2.44. The van der Waals surface area contributed by atoms with Crippen molar-refractivity contribution in [1.29, 1.82) is 0 Å². The van der Waals surface area contributed by atoms with Gasteiger partial charge in [-0.15, -0.1) is 0 Å². The zero-order chi connectivity index (χ0) is 14.5. The summed E-state index contributed by atoms with van der Waals surface area (Å²) in [6, 6.07) is 5.68. The summed E-state index contributed by atoms with van der Waals surface area (Å²) in [7, 11) is 0. The molecule has 1 N–H and O–H groups in total. The van der Waals surface area contributed by atoms with Crippen LogP contribution < -0.4 is 4.74 Å². The molecule has 0 aliphatic carbocycles. The number of halogens is 1. The van der Waals surface area contributed by atoms with Gasteiger partial charge in [-0.25, -0.2) is 0 Å². The number of aliphatic hydroxyl groups excluding tert-OH is 1. The van der Waals surface area contributed by atoms with Gasteiger partial charge in [0.25, 0.3) is 0 Å². The van der Waals surface area contributed by atoms with Crippen molar-refractivity contribution in [3.63, 3.8) is 0 Å². The number of nitrogens with zero attached hydrogens (tertiary/aromatic N) is 1. The molecule has 0 spiro atoms. The molecule has 1 aliphatic heterocycles. The minimum Gasteiger partial charge on any atom is -0.490 e. The minimum absolute atomic E-state index is 0.0875. The lowest BCUT2D eigenvalue weighted by Gasteiger charge is -2.32. The number of rotatable bonds is 5. The Hall–Kier alpha value is -0.620. The highest BCUT2D eigenvalue weighted by atomic mass is 79.9. The van der Waals surface area contributed by atoms with Gasteiger partial charge in [0.15, 0.2) is 0 Å². The maximum atomic E-state index is 9.78. The summed E-state index contributed by atoms with van der Waals surface area (Å²) in [6.45, 7) is 8.08. The zero-order valence-electron chi connectivity index (χ0n) is 12.0. The molecule has 0 amide bonds. The van der Waals surface area contributed by atoms with Gasteiger partial charge in [-0.2, -0.15) is 0 Å². The highest BCUT2D eigenvalue weighted by Crippen LogP contribution is 2.28. The van der Waals surface area contributed by atoms with Crippen molar-refractivity contribution < 1.29 is 14.6 Å². The third-order valence-corrected chi connectivity index (χ3v) is 4.01. The Morgan fingerprint density at radius 1 is 1.55 bits per heavy atom. The summed E-state index contributed by atoms with van der Waals surface area (Å²) in [5, 5.41) is 9.78. The standard InChI is InChI=1S/C15H22BrNO3/c1-3-17-6-7-19-13(9-17)10-20-15-8-12(16)4-5-14(15)11(2)18/h4-5,8,11,13,18H,3,6-7,9-10H2,1-2H3/t11-,13?/m1/s1. The first-order valence-electron chi connectivity index (χ1n) is 7.04. The lowest BCUT2D eigenvalue weighted by atomic mass is 10.1. The second kappa shape index (κ2) is 7.41. The topological polar surface area (TPSA) is 41.9 Å². The first-order valence-corrected chi connectivity index (χ1v) is 7.83. The largest absolute Gasteiger partial charge is 0.490 e. The Morgan fingerprint density at radius 3 is 3.05 bits per heavy atom. The fourth-order valence-electron chi connectivity index (χ4n) is 2.33. The zero-order valence-corrected chi connectivity index (χ0v) is 13.6. The summed E-state index contributed by atoms with van der Waals surface area (Å²) in [5.41, 5.74) is 0.802. The first-order chi connectivity index (χ1) is 9.60. The van der Waals surface area contributed by atoms with Crippen LogP contribution in [0.4, 0.5) is 0 Å². The van der Waals surface area contributed by atoms with Gasteiger partial charge in [0, 0.05) is 23.1 Å². The average Bonchev–Trinajstić information content (AvgIpc) is 2.45. The molecular weight excluding hydrogens is 322 g/mol. The quantitative estimate of drug-likeness (QED) is 0.892. The Kier molecular flexibility index (Phi) is 5.84. The fourth-order valence-corrected chi connectivity index (χ4v) is 2.67. The van der Waals surface area contributed by atoms with Crippen molar-refractivity contribution in [2.24, 2.45) is 0 Å². The van der Waals surface area contributed by atoms with Crippen molar-refractivity contribution >= 4 is 15.9 Å². The monoisotopic (exact) mass is 343 g/mol. The van der Waals surface area contributed by atoms with Crippen LogP contribution in [0.15, 0.2) is 22.7 Å². The number of benzene rings is 1. The molecule has 1 fully saturated rings. The second-order valence-electron chi connectivity index (χ2n) is 5.06. The van der Waals surface area contributed by atoms with E-state index in [1.807, 2.05) is 18.2 Å². The summed E-state index contributed by atoms with van der Waals surface area (Å²) in [4.78, 5) is 2.36. The third kappa shape index (κ3) is 4.19. The Labute approximate surface area is 128 Å². The van der Waals surface area contributed by atoms with Crippen molar-refractivity contribution in [2.45, 2.75) is 26.1 Å². The van der Waals surface area contributed by atoms with E-state index in [-0.39, 0.29) is 6.10 Å². The molecule has 112 valence electrons. The molecule has 2 atom stereocenters. The molecule has 0 aromatic heterocycles. The van der Waals surface area contributed by atoms with E-state index in [9.17, 15) is 5.11 Å². The maximum Gasteiger partial charge on any atom is 0.126 e. The smallest absolute Gasteiger partial charge is 0.126 e. The molecule has 0 radical (unpaired) electrons. The van der Waals surface area contributed by atoms with Gasteiger partial charge < -0.3 is 14.6 Å². The molecule has 0 saturated carbocycles. The SMILES string of the molecule is CCN1CCOC(COc2cc(Br)ccc2[C@@H](C)O)C1. The molecule has 2 rings (SSSR count). The molecule has 20 heavy (non-hydrogen) atoms. The first kappa shape index (κ1) is 15.8. The van der Waals surface area contributed by atoms with Crippen LogP contribution in [-0.4, -0.2) is 49.0 Å². The summed E-state index contributed by atoms with van der Waals surface area (Å²) < 4.78 is 12.5. The van der Waals surface area contributed by atoms with Gasteiger partial charge in [0.1, 0.15) is 18.5 Å². The van der Waals surface area contributed by atoms with Gasteiger partial charge in [-0.1, -0.05) is 28.9 Å². The number of hydrogen-bond acceptors (Lipinski definition) is 4.